The summed E-state index contributed by atoms with van der Waals surface area (Å²) in [6.07, 6.45) is 10.5. The molecule has 4 amide bonds. The second-order valence-electron chi connectivity index (χ2n) is 15.2. The van der Waals surface area contributed by atoms with Crippen molar-refractivity contribution in [1.82, 2.24) is 31.6 Å². The van der Waals surface area contributed by atoms with Crippen LogP contribution in [0.4, 0.5) is 4.79 Å². The van der Waals surface area contributed by atoms with Gasteiger partial charge in [-0.25, -0.2) is 14.6 Å². The van der Waals surface area contributed by atoms with Gasteiger partial charge in [-0.15, -0.1) is 11.3 Å². The lowest BCUT2D eigenvalue weighted by molar-refractivity contribution is -0.149. The Kier molecular flexibility index (Phi) is 21.4. The Bertz CT molecular complexity index is 1640. The lowest BCUT2D eigenvalue weighted by Crippen LogP contribution is -2.42. The van der Waals surface area contributed by atoms with Crippen LogP contribution in [0.2, 0.25) is 0 Å². The summed E-state index contributed by atoms with van der Waals surface area (Å²) in [6.45, 7) is 9.78. The molecule has 1 aromatic rings. The first-order valence-corrected chi connectivity index (χ1v) is 23.2. The number of allylic oxidation sites excluding steroid dienone is 3. The van der Waals surface area contributed by atoms with Crippen LogP contribution in [0.15, 0.2) is 39.7 Å². The van der Waals surface area contributed by atoms with Gasteiger partial charge >= 0.3 is 18.0 Å². The van der Waals surface area contributed by atoms with Crippen LogP contribution in [0.5, 0.6) is 0 Å². The number of thiazole rings is 1. The molecule has 15 nitrogen and oxygen atoms in total. The number of thioether (sulfide) groups is 1. The van der Waals surface area contributed by atoms with Gasteiger partial charge in [0.2, 0.25) is 11.8 Å². The van der Waals surface area contributed by atoms with Gasteiger partial charge < -0.3 is 45.5 Å². The molecule has 4 heterocycles. The van der Waals surface area contributed by atoms with E-state index in [4.69, 9.17) is 23.9 Å². The standard InChI is InChI=1S/C41H61BrN6O9S2/c1-26-8-7-11-38(51)57-31(20-28(3)42)22-37-46-32(24-59-37)27(2)19-30(21-39(52)56-29(4)18-26)45-23-36(50)44-13-15-55-17-16-54-14-12-43-35(49)10-6-5-9-34-40-33(25-58-34)47-41(53)48-40/h7-8,11,20,24,27,29-31,33-34,40,45H,5-6,9-10,12-19,21-23,25H2,1-4H3,(H,43,49)(H,44,50)(H2,47,48,53)/b11-7-,26-8+,28-20+/t27-,29-,30?,31?,33?,34-,40?/m0/s1. The molecule has 4 unspecified atom stereocenters. The molecule has 1 aromatic heterocycles. The summed E-state index contributed by atoms with van der Waals surface area (Å²) in [5.74, 6) is -0.155. The van der Waals surface area contributed by atoms with E-state index in [2.05, 4.69) is 42.5 Å². The third-order valence-corrected chi connectivity index (χ3v) is 12.5. The third-order valence-electron chi connectivity index (χ3n) is 9.88. The van der Waals surface area contributed by atoms with Crippen molar-refractivity contribution in [3.8, 4) is 0 Å². The highest BCUT2D eigenvalue weighted by molar-refractivity contribution is 9.11. The largest absolute Gasteiger partial charge is 0.462 e. The number of fused-ring (bicyclic) bond motifs is 3. The summed E-state index contributed by atoms with van der Waals surface area (Å²) in [6, 6.07) is -0.0133. The summed E-state index contributed by atoms with van der Waals surface area (Å²) in [4.78, 5) is 66.9. The van der Waals surface area contributed by atoms with E-state index in [0.717, 1.165) is 45.8 Å². The molecular formula is C41H61BrN6O9S2. The fraction of sp³-hybridized carbons (Fsp3) is 0.659. The van der Waals surface area contributed by atoms with Gasteiger partial charge in [-0.3, -0.25) is 14.4 Å². The number of carbonyl (C=O) groups is 5. The highest BCUT2D eigenvalue weighted by atomic mass is 79.9. The fourth-order valence-electron chi connectivity index (χ4n) is 7.02. The van der Waals surface area contributed by atoms with Gasteiger partial charge in [0.05, 0.1) is 62.2 Å². The number of amides is 4. The zero-order valence-corrected chi connectivity index (χ0v) is 37.8. The molecule has 2 fully saturated rings. The van der Waals surface area contributed by atoms with E-state index in [-0.39, 0.29) is 66.9 Å². The maximum absolute atomic E-state index is 13.1. The van der Waals surface area contributed by atoms with Gasteiger partial charge in [0.1, 0.15) is 12.2 Å². The van der Waals surface area contributed by atoms with Crippen LogP contribution in [-0.4, -0.2) is 122 Å². The molecule has 0 spiro atoms. The van der Waals surface area contributed by atoms with Crippen molar-refractivity contribution in [2.75, 3.05) is 51.8 Å². The number of ether oxygens (including phenoxy) is 4. The lowest BCUT2D eigenvalue weighted by atomic mass is 9.97. The molecule has 3 aliphatic rings. The van der Waals surface area contributed by atoms with Crippen molar-refractivity contribution in [3.63, 3.8) is 0 Å². The topological polar surface area (TPSA) is 195 Å². The molecule has 0 aliphatic carbocycles. The predicted molar refractivity (Wildman–Crippen MR) is 233 cm³/mol. The Balaban J connectivity index is 1.11. The van der Waals surface area contributed by atoms with Gasteiger partial charge in [0.25, 0.3) is 0 Å². The maximum Gasteiger partial charge on any atom is 0.331 e. The van der Waals surface area contributed by atoms with Crippen molar-refractivity contribution in [3.05, 3.63) is 50.4 Å². The van der Waals surface area contributed by atoms with Gasteiger partial charge in [-0.05, 0) is 50.6 Å². The van der Waals surface area contributed by atoms with E-state index in [0.29, 0.717) is 70.5 Å². The zero-order chi connectivity index (χ0) is 42.6. The molecule has 7 atom stereocenters. The highest BCUT2D eigenvalue weighted by Gasteiger charge is 2.42. The second-order valence-corrected chi connectivity index (χ2v) is 18.7. The summed E-state index contributed by atoms with van der Waals surface area (Å²) >= 11 is 6.82. The van der Waals surface area contributed by atoms with Crippen molar-refractivity contribution in [2.45, 2.75) is 121 Å². The zero-order valence-electron chi connectivity index (χ0n) is 34.6. The molecule has 18 heteroatoms. The minimum atomic E-state index is -0.503. The van der Waals surface area contributed by atoms with Crippen molar-refractivity contribution in [2.24, 2.45) is 0 Å². The van der Waals surface area contributed by atoms with Crippen molar-refractivity contribution in [1.29, 1.82) is 0 Å². The van der Waals surface area contributed by atoms with E-state index in [1.165, 1.54) is 17.4 Å². The number of urea groups is 1. The van der Waals surface area contributed by atoms with Crippen molar-refractivity contribution >= 4 is 68.8 Å². The quantitative estimate of drug-likeness (QED) is 0.0784. The first-order chi connectivity index (χ1) is 28.3. The molecule has 0 aromatic carbocycles. The Morgan fingerprint density at radius 2 is 1.75 bits per heavy atom. The molecular weight excluding hydrogens is 865 g/mol. The minimum absolute atomic E-state index is 0.00295. The number of hydrogen-bond acceptors (Lipinski definition) is 13. The first kappa shape index (κ1) is 48.4. The number of rotatable bonds is 18. The average molecular weight is 926 g/mol. The second kappa shape index (κ2) is 26.1. The molecule has 5 N–H and O–H groups in total. The normalized spacial score (nSPS) is 27.1. The molecule has 0 saturated carbocycles. The number of nitrogens with zero attached hydrogens (tertiary/aromatic N) is 1. The number of esters is 2. The molecule has 328 valence electrons. The van der Waals surface area contributed by atoms with E-state index >= 15 is 0 Å². The van der Waals surface area contributed by atoms with Crippen LogP contribution in [-0.2, 0) is 44.5 Å². The number of carbonyl (C=O) groups excluding carboxylic acids is 5. The number of nitrogens with one attached hydrogen (secondary N) is 5. The van der Waals surface area contributed by atoms with E-state index in [9.17, 15) is 24.0 Å². The van der Waals surface area contributed by atoms with Crippen LogP contribution < -0.4 is 26.6 Å². The van der Waals surface area contributed by atoms with Crippen LogP contribution in [0.1, 0.15) is 89.3 Å². The number of halogens is 1. The predicted octanol–water partition coefficient (Wildman–Crippen LogP) is 4.57. The van der Waals surface area contributed by atoms with Gasteiger partial charge in [0.15, 0.2) is 0 Å². The Morgan fingerprint density at radius 3 is 2.49 bits per heavy atom. The third kappa shape index (κ3) is 18.9. The van der Waals surface area contributed by atoms with E-state index < -0.39 is 12.1 Å². The number of unbranched alkanes of at least 4 members (excludes halogenated alkanes) is 1. The SMILES string of the molecule is C/C(Br)=C\C1Cc2nc(cs2)[C@@H](C)CC(NCC(=O)NCCOCCOCCNC(=O)CCCC[C@@H]2SCC3NC(=O)NC32)CC(=O)O[C@@H](C)C/C(C)=C/C=C\C(=O)O1. The highest BCUT2D eigenvalue weighted by Crippen LogP contribution is 2.33. The molecule has 3 aliphatic heterocycles. The molecule has 2 bridgehead atoms. The summed E-state index contributed by atoms with van der Waals surface area (Å²) < 4.78 is 23.4. The first-order valence-electron chi connectivity index (χ1n) is 20.5. The van der Waals surface area contributed by atoms with E-state index in [1.54, 1.807) is 12.2 Å². The Hall–Kier alpha value is -3.29. The van der Waals surface area contributed by atoms with Crippen LogP contribution in [0, 0.1) is 0 Å². The monoisotopic (exact) mass is 924 g/mol. The molecule has 2 saturated heterocycles. The summed E-state index contributed by atoms with van der Waals surface area (Å²) in [5.41, 5.74) is 1.79. The number of cyclic esters (lactones) is 2. The summed E-state index contributed by atoms with van der Waals surface area (Å²) in [5, 5.41) is 18.1. The molecule has 59 heavy (non-hydrogen) atoms. The number of aromatic nitrogens is 1. The van der Waals surface area contributed by atoms with Crippen LogP contribution in [0.3, 0.4) is 0 Å². The summed E-state index contributed by atoms with van der Waals surface area (Å²) in [7, 11) is 0. The van der Waals surface area contributed by atoms with Crippen molar-refractivity contribution < 1.29 is 42.9 Å². The van der Waals surface area contributed by atoms with Crippen LogP contribution in [0.25, 0.3) is 0 Å². The minimum Gasteiger partial charge on any atom is -0.462 e. The Labute approximate surface area is 364 Å². The maximum atomic E-state index is 13.1. The van der Waals surface area contributed by atoms with Gasteiger partial charge in [-0.1, -0.05) is 47.0 Å². The fourth-order valence-corrected chi connectivity index (χ4v) is 9.82. The van der Waals surface area contributed by atoms with Gasteiger partial charge in [-0.2, -0.15) is 11.8 Å². The smallest absolute Gasteiger partial charge is 0.331 e. The molecule has 4 rings (SSSR count). The molecule has 0 radical (unpaired) electrons. The lowest BCUT2D eigenvalue weighted by Gasteiger charge is -2.22. The van der Waals surface area contributed by atoms with Gasteiger partial charge in [0, 0.05) is 66.8 Å². The average Bonchev–Trinajstić information content (AvgIpc) is 3.88. The van der Waals surface area contributed by atoms with Crippen LogP contribution >= 0.6 is 39.0 Å². The Morgan fingerprint density at radius 1 is 1.00 bits per heavy atom. The number of hydrogen-bond donors (Lipinski definition) is 5. The van der Waals surface area contributed by atoms with E-state index in [1.807, 2.05) is 50.9 Å².